The fourth-order valence-electron chi connectivity index (χ4n) is 3.74. The second kappa shape index (κ2) is 8.67. The van der Waals surface area contributed by atoms with Crippen LogP contribution in [0.4, 0.5) is 0 Å². The van der Waals surface area contributed by atoms with Crippen molar-refractivity contribution in [2.24, 2.45) is 0 Å². The zero-order chi connectivity index (χ0) is 19.4. The summed E-state index contributed by atoms with van der Waals surface area (Å²) < 4.78 is 10.5. The number of rotatable bonds is 6. The van der Waals surface area contributed by atoms with Crippen molar-refractivity contribution in [2.45, 2.75) is 45.4 Å². The molecule has 2 heterocycles. The maximum atomic E-state index is 13.2. The molecule has 0 aliphatic carbocycles. The molecule has 0 saturated carbocycles. The molecule has 1 aliphatic rings. The van der Waals surface area contributed by atoms with Crippen molar-refractivity contribution < 1.29 is 14.1 Å². The summed E-state index contributed by atoms with van der Waals surface area (Å²) in [5, 5.41) is 4.03. The molecule has 0 radical (unpaired) electrons. The number of benzene rings is 1. The number of ether oxygens (including phenoxy) is 1. The summed E-state index contributed by atoms with van der Waals surface area (Å²) in [6.45, 7) is 3.79. The Kier molecular flexibility index (Phi) is 6.29. The van der Waals surface area contributed by atoms with Gasteiger partial charge >= 0.3 is 0 Å². The first-order valence-corrected chi connectivity index (χ1v) is 9.50. The van der Waals surface area contributed by atoms with Gasteiger partial charge in [-0.25, -0.2) is 0 Å². The lowest BCUT2D eigenvalue weighted by atomic mass is 9.94. The van der Waals surface area contributed by atoms with Gasteiger partial charge in [-0.3, -0.25) is 4.79 Å². The maximum absolute atomic E-state index is 13.2. The molecule has 1 aromatic heterocycles. The summed E-state index contributed by atoms with van der Waals surface area (Å²) >= 11 is 0. The topological polar surface area (TPSA) is 58.8 Å². The molecule has 6 nitrogen and oxygen atoms in total. The Morgan fingerprint density at radius 2 is 2.04 bits per heavy atom. The van der Waals surface area contributed by atoms with Gasteiger partial charge in [-0.05, 0) is 51.4 Å². The number of aromatic nitrogens is 1. The molecule has 1 saturated heterocycles. The first-order valence-electron chi connectivity index (χ1n) is 9.50. The molecule has 1 fully saturated rings. The number of carbonyl (C=O) groups is 1. The smallest absolute Gasteiger partial charge is 0.276 e. The number of aryl methyl sites for hydroxylation is 1. The van der Waals surface area contributed by atoms with Gasteiger partial charge in [-0.1, -0.05) is 29.4 Å². The molecule has 1 amide bonds. The van der Waals surface area contributed by atoms with E-state index in [2.05, 4.69) is 48.4 Å². The van der Waals surface area contributed by atoms with Crippen molar-refractivity contribution in [3.63, 3.8) is 0 Å². The summed E-state index contributed by atoms with van der Waals surface area (Å²) in [5.74, 6) is 0.572. The van der Waals surface area contributed by atoms with E-state index in [0.717, 1.165) is 37.9 Å². The van der Waals surface area contributed by atoms with Crippen LogP contribution in [-0.2, 0) is 17.9 Å². The van der Waals surface area contributed by atoms with Gasteiger partial charge in [0.25, 0.3) is 5.91 Å². The van der Waals surface area contributed by atoms with Gasteiger partial charge in [0.15, 0.2) is 5.69 Å². The van der Waals surface area contributed by atoms with E-state index >= 15 is 0 Å². The van der Waals surface area contributed by atoms with Gasteiger partial charge in [0.2, 0.25) is 0 Å². The Morgan fingerprint density at radius 1 is 1.30 bits per heavy atom. The van der Waals surface area contributed by atoms with Crippen molar-refractivity contribution in [3.8, 4) is 0 Å². The lowest BCUT2D eigenvalue weighted by Crippen LogP contribution is -2.39. The largest absolute Gasteiger partial charge is 0.380 e. The van der Waals surface area contributed by atoms with E-state index in [0.29, 0.717) is 18.1 Å². The van der Waals surface area contributed by atoms with Crippen LogP contribution in [-0.4, -0.2) is 48.6 Å². The average molecular weight is 371 g/mol. The van der Waals surface area contributed by atoms with E-state index < -0.39 is 0 Å². The van der Waals surface area contributed by atoms with Crippen LogP contribution in [0.15, 0.2) is 28.8 Å². The van der Waals surface area contributed by atoms with E-state index in [-0.39, 0.29) is 11.9 Å². The number of amides is 1. The number of carbonyl (C=O) groups excluding carboxylic acids is 1. The predicted molar refractivity (Wildman–Crippen MR) is 103 cm³/mol. The summed E-state index contributed by atoms with van der Waals surface area (Å²) in [5.41, 5.74) is 3.57. The second-order valence-electron chi connectivity index (χ2n) is 7.49. The maximum Gasteiger partial charge on any atom is 0.276 e. The molecule has 6 heteroatoms. The van der Waals surface area contributed by atoms with Crippen molar-refractivity contribution >= 4 is 5.91 Å². The molecule has 1 aromatic carbocycles. The van der Waals surface area contributed by atoms with Gasteiger partial charge < -0.3 is 19.1 Å². The number of likely N-dealkylation sites (tertiary alicyclic amines) is 1. The summed E-state index contributed by atoms with van der Waals surface area (Å²) in [7, 11) is 5.74. The molecule has 1 atom stereocenters. The van der Waals surface area contributed by atoms with Crippen LogP contribution in [0.1, 0.15) is 58.2 Å². The Balaban J connectivity index is 1.84. The fourth-order valence-corrected chi connectivity index (χ4v) is 3.74. The highest BCUT2D eigenvalue weighted by molar-refractivity contribution is 5.94. The van der Waals surface area contributed by atoms with Crippen molar-refractivity contribution in [2.75, 3.05) is 27.7 Å². The number of piperidine rings is 1. The van der Waals surface area contributed by atoms with Crippen LogP contribution >= 0.6 is 0 Å². The monoisotopic (exact) mass is 371 g/mol. The van der Waals surface area contributed by atoms with Gasteiger partial charge in [-0.2, -0.15) is 0 Å². The minimum atomic E-state index is -0.0685. The first-order chi connectivity index (χ1) is 13.0. The summed E-state index contributed by atoms with van der Waals surface area (Å²) in [6.07, 6.45) is 3.10. The molecular weight excluding hydrogens is 342 g/mol. The van der Waals surface area contributed by atoms with E-state index in [1.54, 1.807) is 7.11 Å². The lowest BCUT2D eigenvalue weighted by molar-refractivity contribution is 0.0597. The third-order valence-electron chi connectivity index (χ3n) is 5.10. The lowest BCUT2D eigenvalue weighted by Gasteiger charge is -2.36. The Bertz CT molecular complexity index is 767. The number of hydrogen-bond donors (Lipinski definition) is 0. The fraction of sp³-hybridized carbons (Fsp3) is 0.524. The number of methoxy groups -OCH3 is 1. The predicted octanol–water partition coefficient (Wildman–Crippen LogP) is 3.56. The van der Waals surface area contributed by atoms with E-state index in [4.69, 9.17) is 9.26 Å². The van der Waals surface area contributed by atoms with Crippen LogP contribution in [0, 0.1) is 6.92 Å². The van der Waals surface area contributed by atoms with Gasteiger partial charge in [0, 0.05) is 20.2 Å². The van der Waals surface area contributed by atoms with E-state index in [1.165, 1.54) is 11.1 Å². The van der Waals surface area contributed by atoms with Crippen molar-refractivity contribution in [3.05, 3.63) is 52.4 Å². The Labute approximate surface area is 161 Å². The van der Waals surface area contributed by atoms with Crippen LogP contribution in [0.25, 0.3) is 0 Å². The van der Waals surface area contributed by atoms with Crippen LogP contribution in [0.5, 0.6) is 0 Å². The summed E-state index contributed by atoms with van der Waals surface area (Å²) in [4.78, 5) is 17.3. The molecule has 0 spiro atoms. The van der Waals surface area contributed by atoms with Crippen molar-refractivity contribution in [1.29, 1.82) is 0 Å². The van der Waals surface area contributed by atoms with Gasteiger partial charge in [0.05, 0.1) is 18.2 Å². The SMILES string of the molecule is COCc1c(C(=O)N2CCCCC2c2ccc(CN(C)C)cc2)noc1C. The second-order valence-corrected chi connectivity index (χ2v) is 7.49. The third-order valence-corrected chi connectivity index (χ3v) is 5.10. The molecule has 1 unspecified atom stereocenters. The van der Waals surface area contributed by atoms with Crippen LogP contribution in [0.2, 0.25) is 0 Å². The Morgan fingerprint density at radius 3 is 2.70 bits per heavy atom. The standard InChI is InChI=1S/C21H29N3O3/c1-15-18(14-26-4)20(22-27-15)21(25)24-12-6-5-7-19(24)17-10-8-16(9-11-17)13-23(2)3/h8-11,19H,5-7,12-14H2,1-4H3. The van der Waals surface area contributed by atoms with Gasteiger partial charge in [0.1, 0.15) is 5.76 Å². The zero-order valence-electron chi connectivity index (χ0n) is 16.7. The highest BCUT2D eigenvalue weighted by atomic mass is 16.5. The zero-order valence-corrected chi connectivity index (χ0v) is 16.7. The quantitative estimate of drug-likeness (QED) is 0.777. The molecule has 2 aromatic rings. The Hall–Kier alpha value is -2.18. The molecule has 0 bridgehead atoms. The molecule has 3 rings (SSSR count). The van der Waals surface area contributed by atoms with Crippen LogP contribution < -0.4 is 0 Å². The average Bonchev–Trinajstić information content (AvgIpc) is 3.02. The minimum absolute atomic E-state index is 0.0685. The number of hydrogen-bond acceptors (Lipinski definition) is 5. The summed E-state index contributed by atoms with van der Waals surface area (Å²) in [6, 6.07) is 8.69. The van der Waals surface area contributed by atoms with E-state index in [9.17, 15) is 4.79 Å². The highest BCUT2D eigenvalue weighted by Gasteiger charge is 2.32. The number of nitrogens with zero attached hydrogens (tertiary/aromatic N) is 3. The van der Waals surface area contributed by atoms with Crippen LogP contribution in [0.3, 0.4) is 0 Å². The van der Waals surface area contributed by atoms with Gasteiger partial charge in [-0.15, -0.1) is 0 Å². The molecule has 1 aliphatic heterocycles. The first kappa shape index (κ1) is 19.6. The minimum Gasteiger partial charge on any atom is -0.380 e. The normalized spacial score (nSPS) is 17.5. The van der Waals surface area contributed by atoms with Crippen molar-refractivity contribution in [1.82, 2.24) is 15.0 Å². The molecule has 0 N–H and O–H groups in total. The molecular formula is C21H29N3O3. The van der Waals surface area contributed by atoms with E-state index in [1.807, 2.05) is 11.8 Å². The molecule has 27 heavy (non-hydrogen) atoms. The molecule has 146 valence electrons. The third kappa shape index (κ3) is 4.39. The highest BCUT2D eigenvalue weighted by Crippen LogP contribution is 2.33.